The van der Waals surface area contributed by atoms with Crippen molar-refractivity contribution in [2.45, 2.75) is 13.0 Å². The SMILES string of the molecule is CC(CO)NC(=O)c1nn[nH]n1. The van der Waals surface area contributed by atoms with Gasteiger partial charge in [-0.1, -0.05) is 0 Å². The molecule has 0 saturated heterocycles. The number of hydrogen-bond donors (Lipinski definition) is 3. The Morgan fingerprint density at radius 3 is 3.08 bits per heavy atom. The molecule has 0 aliphatic heterocycles. The van der Waals surface area contributed by atoms with E-state index in [0.29, 0.717) is 0 Å². The number of nitrogens with one attached hydrogen (secondary N) is 2. The Morgan fingerprint density at radius 1 is 1.83 bits per heavy atom. The zero-order chi connectivity index (χ0) is 8.97. The van der Waals surface area contributed by atoms with Gasteiger partial charge in [-0.25, -0.2) is 0 Å². The summed E-state index contributed by atoms with van der Waals surface area (Å²) in [6.07, 6.45) is 0. The molecule has 1 atom stereocenters. The van der Waals surface area contributed by atoms with Crippen LogP contribution in [0.4, 0.5) is 0 Å². The third-order valence-corrected chi connectivity index (χ3v) is 1.20. The van der Waals surface area contributed by atoms with Gasteiger partial charge in [0.25, 0.3) is 11.7 Å². The molecule has 0 bridgehead atoms. The number of tetrazole rings is 1. The molecule has 0 aliphatic rings. The van der Waals surface area contributed by atoms with E-state index in [1.807, 2.05) is 0 Å². The molecule has 0 fully saturated rings. The number of amides is 1. The highest BCUT2D eigenvalue weighted by atomic mass is 16.3. The maximum absolute atomic E-state index is 11.1. The first-order valence-electron chi connectivity index (χ1n) is 3.39. The minimum absolute atomic E-state index is 0.0321. The van der Waals surface area contributed by atoms with Gasteiger partial charge in [-0.3, -0.25) is 4.79 Å². The van der Waals surface area contributed by atoms with E-state index in [2.05, 4.69) is 25.9 Å². The monoisotopic (exact) mass is 171 g/mol. The lowest BCUT2D eigenvalue weighted by Gasteiger charge is -2.07. The summed E-state index contributed by atoms with van der Waals surface area (Å²) >= 11 is 0. The lowest BCUT2D eigenvalue weighted by atomic mass is 10.3. The maximum Gasteiger partial charge on any atom is 0.293 e. The second-order valence-corrected chi connectivity index (χ2v) is 2.29. The minimum atomic E-state index is -0.453. The van der Waals surface area contributed by atoms with Crippen molar-refractivity contribution < 1.29 is 9.90 Å². The number of carbonyl (C=O) groups excluding carboxylic acids is 1. The summed E-state index contributed by atoms with van der Waals surface area (Å²) in [5.41, 5.74) is 0. The quantitative estimate of drug-likeness (QED) is 0.503. The van der Waals surface area contributed by atoms with Gasteiger partial charge >= 0.3 is 0 Å². The number of hydrogen-bond acceptors (Lipinski definition) is 5. The first-order chi connectivity index (χ1) is 5.74. The lowest BCUT2D eigenvalue weighted by Crippen LogP contribution is -2.35. The van der Waals surface area contributed by atoms with E-state index in [0.717, 1.165) is 0 Å². The molecule has 0 aromatic carbocycles. The standard InChI is InChI=1S/C5H9N5O2/c1-3(2-11)6-5(12)4-7-9-10-8-4/h3,11H,2H2,1H3,(H,6,12)(H,7,8,9,10). The van der Waals surface area contributed by atoms with Gasteiger partial charge in [-0.05, 0) is 12.1 Å². The van der Waals surface area contributed by atoms with Crippen LogP contribution in [0.25, 0.3) is 0 Å². The second-order valence-electron chi connectivity index (χ2n) is 2.29. The fraction of sp³-hybridized carbons (Fsp3) is 0.600. The summed E-state index contributed by atoms with van der Waals surface area (Å²) in [5.74, 6) is -0.486. The van der Waals surface area contributed by atoms with Gasteiger partial charge in [0.05, 0.1) is 6.61 Å². The van der Waals surface area contributed by atoms with Gasteiger partial charge < -0.3 is 10.4 Å². The summed E-state index contributed by atoms with van der Waals surface area (Å²) in [6, 6.07) is -0.309. The molecule has 7 nitrogen and oxygen atoms in total. The van der Waals surface area contributed by atoms with E-state index in [4.69, 9.17) is 5.11 Å². The zero-order valence-corrected chi connectivity index (χ0v) is 6.48. The van der Waals surface area contributed by atoms with Crippen molar-refractivity contribution in [3.8, 4) is 0 Å². The molecular formula is C5H9N5O2. The molecular weight excluding hydrogens is 162 g/mol. The van der Waals surface area contributed by atoms with Gasteiger partial charge in [0, 0.05) is 6.04 Å². The van der Waals surface area contributed by atoms with Crippen LogP contribution in [0.5, 0.6) is 0 Å². The van der Waals surface area contributed by atoms with Crippen LogP contribution >= 0.6 is 0 Å². The maximum atomic E-state index is 11.1. The molecule has 1 aromatic heterocycles. The fourth-order valence-electron chi connectivity index (χ4n) is 0.592. The number of aliphatic hydroxyl groups excluding tert-OH is 1. The van der Waals surface area contributed by atoms with Crippen LogP contribution in [0, 0.1) is 0 Å². The van der Waals surface area contributed by atoms with Crippen LogP contribution in [0.1, 0.15) is 17.5 Å². The van der Waals surface area contributed by atoms with Crippen molar-refractivity contribution in [3.63, 3.8) is 0 Å². The number of rotatable bonds is 3. The lowest BCUT2D eigenvalue weighted by molar-refractivity contribution is 0.0912. The molecule has 66 valence electrons. The summed E-state index contributed by atoms with van der Waals surface area (Å²) in [5, 5.41) is 23.4. The van der Waals surface area contributed by atoms with Crippen molar-refractivity contribution in [2.24, 2.45) is 0 Å². The molecule has 1 heterocycles. The van der Waals surface area contributed by atoms with Crippen LogP contribution in [-0.4, -0.2) is 44.3 Å². The average molecular weight is 171 g/mol. The number of aliphatic hydroxyl groups is 1. The number of carbonyl (C=O) groups is 1. The predicted octanol–water partition coefficient (Wildman–Crippen LogP) is -1.69. The van der Waals surface area contributed by atoms with Gasteiger partial charge in [0.15, 0.2) is 0 Å². The Balaban J connectivity index is 2.50. The smallest absolute Gasteiger partial charge is 0.293 e. The van der Waals surface area contributed by atoms with Crippen molar-refractivity contribution in [1.29, 1.82) is 0 Å². The number of aromatic amines is 1. The minimum Gasteiger partial charge on any atom is -0.394 e. The Morgan fingerprint density at radius 2 is 2.58 bits per heavy atom. The highest BCUT2D eigenvalue weighted by Crippen LogP contribution is 1.85. The third-order valence-electron chi connectivity index (χ3n) is 1.20. The number of H-pyrrole nitrogens is 1. The normalized spacial score (nSPS) is 12.5. The zero-order valence-electron chi connectivity index (χ0n) is 6.48. The van der Waals surface area contributed by atoms with E-state index in [1.54, 1.807) is 6.92 Å². The first-order valence-corrected chi connectivity index (χ1v) is 3.39. The first kappa shape index (κ1) is 8.60. The van der Waals surface area contributed by atoms with E-state index >= 15 is 0 Å². The van der Waals surface area contributed by atoms with Crippen LogP contribution in [0.15, 0.2) is 0 Å². The summed E-state index contributed by atoms with van der Waals surface area (Å²) in [4.78, 5) is 11.1. The van der Waals surface area contributed by atoms with E-state index < -0.39 is 5.91 Å². The van der Waals surface area contributed by atoms with Crippen LogP contribution in [-0.2, 0) is 0 Å². The molecule has 7 heteroatoms. The summed E-state index contributed by atoms with van der Waals surface area (Å²) in [6.45, 7) is 1.54. The van der Waals surface area contributed by atoms with Crippen LogP contribution in [0.2, 0.25) is 0 Å². The topological polar surface area (TPSA) is 104 Å². The second kappa shape index (κ2) is 3.77. The van der Waals surface area contributed by atoms with Crippen LogP contribution < -0.4 is 5.32 Å². The Hall–Kier alpha value is -1.50. The molecule has 0 saturated carbocycles. The van der Waals surface area contributed by atoms with E-state index in [-0.39, 0.29) is 18.5 Å². The average Bonchev–Trinajstić information content (AvgIpc) is 2.56. The van der Waals surface area contributed by atoms with Crippen LogP contribution in [0.3, 0.4) is 0 Å². The highest BCUT2D eigenvalue weighted by molar-refractivity contribution is 5.90. The molecule has 0 radical (unpaired) electrons. The van der Waals surface area contributed by atoms with E-state index in [1.165, 1.54) is 0 Å². The molecule has 1 rings (SSSR count). The Bertz CT molecular complexity index is 246. The van der Waals surface area contributed by atoms with Gasteiger partial charge in [-0.15, -0.1) is 10.2 Å². The molecule has 0 aliphatic carbocycles. The predicted molar refractivity (Wildman–Crippen MR) is 38.2 cm³/mol. The highest BCUT2D eigenvalue weighted by Gasteiger charge is 2.12. The molecule has 1 amide bonds. The molecule has 1 unspecified atom stereocenters. The largest absolute Gasteiger partial charge is 0.394 e. The molecule has 0 spiro atoms. The summed E-state index contributed by atoms with van der Waals surface area (Å²) in [7, 11) is 0. The molecule has 3 N–H and O–H groups in total. The Labute approximate surface area is 68.2 Å². The third kappa shape index (κ3) is 1.99. The van der Waals surface area contributed by atoms with Crippen molar-refractivity contribution in [2.75, 3.05) is 6.61 Å². The molecule has 12 heavy (non-hydrogen) atoms. The van der Waals surface area contributed by atoms with Gasteiger partial charge in [0.2, 0.25) is 0 Å². The van der Waals surface area contributed by atoms with Crippen molar-refractivity contribution >= 4 is 5.91 Å². The number of nitrogens with zero attached hydrogens (tertiary/aromatic N) is 3. The Kier molecular flexibility index (Phi) is 2.70. The van der Waals surface area contributed by atoms with Gasteiger partial charge in [-0.2, -0.15) is 5.21 Å². The summed E-state index contributed by atoms with van der Waals surface area (Å²) < 4.78 is 0. The van der Waals surface area contributed by atoms with Crippen molar-refractivity contribution in [1.82, 2.24) is 25.9 Å². The van der Waals surface area contributed by atoms with Crippen molar-refractivity contribution in [3.05, 3.63) is 5.82 Å². The molecule has 1 aromatic rings. The fourth-order valence-corrected chi connectivity index (χ4v) is 0.592. The van der Waals surface area contributed by atoms with Gasteiger partial charge in [0.1, 0.15) is 0 Å². The van der Waals surface area contributed by atoms with E-state index in [9.17, 15) is 4.79 Å². The number of aromatic nitrogens is 4.